The molecule has 0 fully saturated rings. The Bertz CT molecular complexity index is 517. The van der Waals surface area contributed by atoms with Crippen LogP contribution in [-0.4, -0.2) is 10.1 Å². The molecular formula is C13H15N3O2. The molecule has 0 atom stereocenters. The lowest BCUT2D eigenvalue weighted by Gasteiger charge is -2.10. The molecule has 1 aromatic carbocycles. The molecule has 0 radical (unpaired) electrons. The number of nitrogens with one attached hydrogen (secondary N) is 1. The largest absolute Gasteiger partial charge is 0.489 e. The van der Waals surface area contributed by atoms with E-state index in [0.29, 0.717) is 18.2 Å². The van der Waals surface area contributed by atoms with Gasteiger partial charge < -0.3 is 15.3 Å². The molecule has 94 valence electrons. The van der Waals surface area contributed by atoms with Crippen molar-refractivity contribution >= 4 is 5.82 Å². The van der Waals surface area contributed by atoms with E-state index in [1.807, 2.05) is 30.3 Å². The number of anilines is 1. The Balaban J connectivity index is 2.06. The fourth-order valence-corrected chi connectivity index (χ4v) is 1.58. The maximum absolute atomic E-state index is 9.04. The van der Waals surface area contributed by atoms with Gasteiger partial charge in [0.15, 0.2) is 0 Å². The normalized spacial score (nSPS) is 10.1. The van der Waals surface area contributed by atoms with Gasteiger partial charge in [-0.1, -0.05) is 18.2 Å². The van der Waals surface area contributed by atoms with Gasteiger partial charge in [0.25, 0.3) is 0 Å². The van der Waals surface area contributed by atoms with E-state index in [0.717, 1.165) is 11.1 Å². The van der Waals surface area contributed by atoms with E-state index in [9.17, 15) is 0 Å². The van der Waals surface area contributed by atoms with Gasteiger partial charge in [-0.3, -0.25) is 0 Å². The molecule has 0 aliphatic heterocycles. The summed E-state index contributed by atoms with van der Waals surface area (Å²) in [5.74, 6) is 6.66. The Morgan fingerprint density at radius 2 is 2.17 bits per heavy atom. The molecule has 0 amide bonds. The second-order valence-corrected chi connectivity index (χ2v) is 3.75. The van der Waals surface area contributed by atoms with E-state index in [2.05, 4.69) is 10.4 Å². The van der Waals surface area contributed by atoms with Gasteiger partial charge in [-0.05, 0) is 23.8 Å². The van der Waals surface area contributed by atoms with Crippen LogP contribution < -0.4 is 16.0 Å². The summed E-state index contributed by atoms with van der Waals surface area (Å²) in [5, 5.41) is 9.04. The standard InChI is InChI=1S/C13H15N3O2/c14-16-13-11(4-2-6-15-13)9-18-12-5-1-3-10(7-12)8-17/h1-7,17H,8-9,14H2,(H,15,16). The lowest BCUT2D eigenvalue weighted by Crippen LogP contribution is -2.12. The second kappa shape index (κ2) is 6.00. The predicted molar refractivity (Wildman–Crippen MR) is 68.7 cm³/mol. The summed E-state index contributed by atoms with van der Waals surface area (Å²) in [4.78, 5) is 4.09. The molecule has 1 heterocycles. The third kappa shape index (κ3) is 2.97. The Morgan fingerprint density at radius 3 is 2.94 bits per heavy atom. The molecule has 5 heteroatoms. The smallest absolute Gasteiger partial charge is 0.146 e. The summed E-state index contributed by atoms with van der Waals surface area (Å²) in [6.45, 7) is 0.363. The summed E-state index contributed by atoms with van der Waals surface area (Å²) in [5.41, 5.74) is 4.21. The number of hydrogen-bond acceptors (Lipinski definition) is 5. The van der Waals surface area contributed by atoms with Crippen molar-refractivity contribution in [2.24, 2.45) is 5.84 Å². The van der Waals surface area contributed by atoms with Gasteiger partial charge in [-0.25, -0.2) is 10.8 Å². The van der Waals surface area contributed by atoms with Crippen LogP contribution in [0.2, 0.25) is 0 Å². The molecule has 0 bridgehead atoms. The summed E-state index contributed by atoms with van der Waals surface area (Å²) in [6.07, 6.45) is 1.66. The summed E-state index contributed by atoms with van der Waals surface area (Å²) in [7, 11) is 0. The number of benzene rings is 1. The first-order chi connectivity index (χ1) is 8.83. The monoisotopic (exact) mass is 245 g/mol. The predicted octanol–water partition coefficient (Wildman–Crippen LogP) is 1.44. The number of rotatable bonds is 5. The Hall–Kier alpha value is -2.11. The molecule has 0 unspecified atom stereocenters. The highest BCUT2D eigenvalue weighted by molar-refractivity contribution is 5.42. The van der Waals surface area contributed by atoms with Crippen molar-refractivity contribution in [3.05, 3.63) is 53.7 Å². The molecule has 2 rings (SSSR count). The first-order valence-electron chi connectivity index (χ1n) is 5.56. The zero-order chi connectivity index (χ0) is 12.8. The average molecular weight is 245 g/mol. The number of hydrogen-bond donors (Lipinski definition) is 3. The van der Waals surface area contributed by atoms with Crippen LogP contribution in [0.3, 0.4) is 0 Å². The van der Waals surface area contributed by atoms with Crippen molar-refractivity contribution in [3.8, 4) is 5.75 Å². The minimum Gasteiger partial charge on any atom is -0.489 e. The van der Waals surface area contributed by atoms with E-state index in [4.69, 9.17) is 15.7 Å². The van der Waals surface area contributed by atoms with Crippen molar-refractivity contribution in [1.82, 2.24) is 4.98 Å². The van der Waals surface area contributed by atoms with Gasteiger partial charge in [0.05, 0.1) is 6.61 Å². The van der Waals surface area contributed by atoms with Crippen LogP contribution in [0.15, 0.2) is 42.6 Å². The van der Waals surface area contributed by atoms with Crippen molar-refractivity contribution in [2.45, 2.75) is 13.2 Å². The molecule has 0 aliphatic rings. The topological polar surface area (TPSA) is 80.4 Å². The highest BCUT2D eigenvalue weighted by Gasteiger charge is 2.03. The average Bonchev–Trinajstić information content (AvgIpc) is 2.45. The molecule has 0 aliphatic carbocycles. The Labute approximate surface area is 105 Å². The highest BCUT2D eigenvalue weighted by Crippen LogP contribution is 2.17. The number of nitrogens with zero attached hydrogens (tertiary/aromatic N) is 1. The minimum atomic E-state index is -0.000300. The number of pyridine rings is 1. The number of nitrogens with two attached hydrogens (primary N) is 1. The zero-order valence-electron chi connectivity index (χ0n) is 9.84. The van der Waals surface area contributed by atoms with Crippen LogP contribution in [-0.2, 0) is 13.2 Å². The quantitative estimate of drug-likeness (QED) is 0.548. The molecule has 0 saturated carbocycles. The number of aliphatic hydroxyl groups is 1. The van der Waals surface area contributed by atoms with Crippen LogP contribution in [0, 0.1) is 0 Å². The van der Waals surface area contributed by atoms with Crippen LogP contribution in [0.4, 0.5) is 5.82 Å². The first-order valence-corrected chi connectivity index (χ1v) is 5.56. The Kier molecular flexibility index (Phi) is 4.11. The van der Waals surface area contributed by atoms with Crippen molar-refractivity contribution in [1.29, 1.82) is 0 Å². The summed E-state index contributed by atoms with van der Waals surface area (Å²) >= 11 is 0. The van der Waals surface area contributed by atoms with Gasteiger partial charge in [-0.15, -0.1) is 0 Å². The zero-order valence-corrected chi connectivity index (χ0v) is 9.84. The molecule has 0 spiro atoms. The number of hydrazine groups is 1. The van der Waals surface area contributed by atoms with Gasteiger partial charge in [0, 0.05) is 11.8 Å². The van der Waals surface area contributed by atoms with Crippen LogP contribution >= 0.6 is 0 Å². The third-order valence-electron chi connectivity index (χ3n) is 2.50. The number of nitrogen functional groups attached to an aromatic ring is 1. The SMILES string of the molecule is NNc1ncccc1COc1cccc(CO)c1. The maximum atomic E-state index is 9.04. The molecule has 4 N–H and O–H groups in total. The molecule has 1 aromatic heterocycles. The van der Waals surface area contributed by atoms with Crippen molar-refractivity contribution in [2.75, 3.05) is 5.43 Å². The van der Waals surface area contributed by atoms with E-state index in [-0.39, 0.29) is 6.61 Å². The van der Waals surface area contributed by atoms with E-state index >= 15 is 0 Å². The molecule has 0 saturated heterocycles. The van der Waals surface area contributed by atoms with Crippen molar-refractivity contribution in [3.63, 3.8) is 0 Å². The number of ether oxygens (including phenoxy) is 1. The fraction of sp³-hybridized carbons (Fsp3) is 0.154. The van der Waals surface area contributed by atoms with Crippen LogP contribution in [0.25, 0.3) is 0 Å². The molecule has 18 heavy (non-hydrogen) atoms. The maximum Gasteiger partial charge on any atom is 0.146 e. The van der Waals surface area contributed by atoms with Gasteiger partial charge in [-0.2, -0.15) is 0 Å². The van der Waals surface area contributed by atoms with E-state index in [1.54, 1.807) is 12.3 Å². The Morgan fingerprint density at radius 1 is 1.28 bits per heavy atom. The number of aliphatic hydroxyl groups excluding tert-OH is 1. The van der Waals surface area contributed by atoms with Crippen molar-refractivity contribution < 1.29 is 9.84 Å². The summed E-state index contributed by atoms with van der Waals surface area (Å²) < 4.78 is 5.63. The van der Waals surface area contributed by atoms with Gasteiger partial charge in [0.1, 0.15) is 18.2 Å². The third-order valence-corrected chi connectivity index (χ3v) is 2.50. The van der Waals surface area contributed by atoms with Crippen LogP contribution in [0.1, 0.15) is 11.1 Å². The van der Waals surface area contributed by atoms with Gasteiger partial charge in [0.2, 0.25) is 0 Å². The second-order valence-electron chi connectivity index (χ2n) is 3.75. The van der Waals surface area contributed by atoms with E-state index < -0.39 is 0 Å². The lowest BCUT2D eigenvalue weighted by molar-refractivity contribution is 0.278. The molecular weight excluding hydrogens is 230 g/mol. The lowest BCUT2D eigenvalue weighted by atomic mass is 10.2. The fourth-order valence-electron chi connectivity index (χ4n) is 1.58. The molecule has 2 aromatic rings. The van der Waals surface area contributed by atoms with Crippen LogP contribution in [0.5, 0.6) is 5.75 Å². The summed E-state index contributed by atoms with van der Waals surface area (Å²) in [6, 6.07) is 11.0. The molecule has 5 nitrogen and oxygen atoms in total. The minimum absolute atomic E-state index is 0.000300. The van der Waals surface area contributed by atoms with E-state index in [1.165, 1.54) is 0 Å². The highest BCUT2D eigenvalue weighted by atomic mass is 16.5. The first kappa shape index (κ1) is 12.3. The number of aromatic nitrogens is 1. The van der Waals surface area contributed by atoms with Gasteiger partial charge >= 0.3 is 0 Å².